The Hall–Kier alpha value is -0.970. The molecule has 3 N–H and O–H groups in total. The maximum Gasteiger partial charge on any atom is 0.191 e. The maximum absolute atomic E-state index is 5.70. The summed E-state index contributed by atoms with van der Waals surface area (Å²) < 4.78 is 0. The Labute approximate surface area is 101 Å². The van der Waals surface area contributed by atoms with Crippen molar-refractivity contribution in [2.45, 2.75) is 25.9 Å². The molecular weight excluding hydrogens is 220 g/mol. The van der Waals surface area contributed by atoms with Crippen molar-refractivity contribution in [2.75, 3.05) is 23.9 Å². The molecule has 0 radical (unpaired) electrons. The molecule has 0 fully saturated rings. The molecule has 0 amide bonds. The fourth-order valence-corrected chi connectivity index (χ4v) is 1.51. The molecule has 0 aromatic carbocycles. The number of rotatable bonds is 5. The van der Waals surface area contributed by atoms with E-state index in [0.29, 0.717) is 22.8 Å². The molecule has 1 aromatic heterocycles. The summed E-state index contributed by atoms with van der Waals surface area (Å²) in [7, 11) is 0. The van der Waals surface area contributed by atoms with Gasteiger partial charge in [0, 0.05) is 12.6 Å². The third kappa shape index (κ3) is 3.89. The highest BCUT2D eigenvalue weighted by molar-refractivity contribution is 7.98. The zero-order valence-corrected chi connectivity index (χ0v) is 11.1. The first-order valence-electron chi connectivity index (χ1n) is 5.45. The van der Waals surface area contributed by atoms with Gasteiger partial charge in [-0.25, -0.2) is 9.97 Å². The summed E-state index contributed by atoms with van der Waals surface area (Å²) in [5.74, 6) is 2.59. The van der Waals surface area contributed by atoms with Gasteiger partial charge in [-0.05, 0) is 18.1 Å². The second-order valence-electron chi connectivity index (χ2n) is 4.27. The van der Waals surface area contributed by atoms with Crippen molar-refractivity contribution in [1.29, 1.82) is 0 Å². The van der Waals surface area contributed by atoms with E-state index in [4.69, 9.17) is 5.73 Å². The largest absolute Gasteiger partial charge is 0.383 e. The number of thioether (sulfide) groups is 1. The lowest BCUT2D eigenvalue weighted by Gasteiger charge is -2.16. The molecule has 0 aliphatic heterocycles. The van der Waals surface area contributed by atoms with Gasteiger partial charge in [0.15, 0.2) is 5.16 Å². The van der Waals surface area contributed by atoms with Gasteiger partial charge in [-0.2, -0.15) is 0 Å². The summed E-state index contributed by atoms with van der Waals surface area (Å²) in [6, 6.07) is 1.77. The van der Waals surface area contributed by atoms with Crippen LogP contribution in [0.3, 0.4) is 0 Å². The monoisotopic (exact) mass is 240 g/mol. The van der Waals surface area contributed by atoms with Crippen LogP contribution in [-0.2, 0) is 0 Å². The molecule has 1 heterocycles. The quantitative estimate of drug-likeness (QED) is 0.611. The van der Waals surface area contributed by atoms with Crippen LogP contribution in [0.4, 0.5) is 11.6 Å². The second kappa shape index (κ2) is 5.94. The van der Waals surface area contributed by atoms with Gasteiger partial charge in [0.25, 0.3) is 0 Å². The average Bonchev–Trinajstić information content (AvgIpc) is 2.24. The van der Waals surface area contributed by atoms with Crippen LogP contribution >= 0.6 is 11.8 Å². The predicted molar refractivity (Wildman–Crippen MR) is 70.7 cm³/mol. The van der Waals surface area contributed by atoms with Crippen molar-refractivity contribution in [3.8, 4) is 0 Å². The molecule has 0 aliphatic rings. The number of hydrogen-bond acceptors (Lipinski definition) is 5. The molecule has 0 bridgehead atoms. The zero-order valence-electron chi connectivity index (χ0n) is 10.3. The van der Waals surface area contributed by atoms with Gasteiger partial charge in [-0.1, -0.05) is 32.5 Å². The Morgan fingerprint density at radius 3 is 2.62 bits per heavy atom. The minimum absolute atomic E-state index is 0.513. The standard InChI is InChI=1S/C11H20N4S/c1-7(2)8(3)6-13-10-5-9(12)14-11(15-10)16-4/h5,7-8H,6H2,1-4H3,(H3,12,13,14,15). The van der Waals surface area contributed by atoms with Gasteiger partial charge in [0.05, 0.1) is 0 Å². The van der Waals surface area contributed by atoms with E-state index >= 15 is 0 Å². The fraction of sp³-hybridized carbons (Fsp3) is 0.636. The van der Waals surface area contributed by atoms with E-state index in [0.717, 1.165) is 12.4 Å². The number of aromatic nitrogens is 2. The second-order valence-corrected chi connectivity index (χ2v) is 5.04. The highest BCUT2D eigenvalue weighted by Crippen LogP contribution is 2.16. The van der Waals surface area contributed by atoms with Crippen LogP contribution in [0.5, 0.6) is 0 Å². The molecule has 0 saturated heterocycles. The van der Waals surface area contributed by atoms with Crippen LogP contribution in [0.15, 0.2) is 11.2 Å². The number of nitrogens with zero attached hydrogens (tertiary/aromatic N) is 2. The van der Waals surface area contributed by atoms with Gasteiger partial charge < -0.3 is 11.1 Å². The van der Waals surface area contributed by atoms with E-state index in [2.05, 4.69) is 36.1 Å². The minimum atomic E-state index is 0.513. The van der Waals surface area contributed by atoms with Crippen molar-refractivity contribution >= 4 is 23.4 Å². The maximum atomic E-state index is 5.70. The SMILES string of the molecule is CSc1nc(N)cc(NCC(C)C(C)C)n1. The van der Waals surface area contributed by atoms with E-state index in [9.17, 15) is 0 Å². The smallest absolute Gasteiger partial charge is 0.191 e. The van der Waals surface area contributed by atoms with Crippen LogP contribution in [-0.4, -0.2) is 22.8 Å². The molecule has 90 valence electrons. The van der Waals surface area contributed by atoms with Gasteiger partial charge in [-0.3, -0.25) is 0 Å². The zero-order chi connectivity index (χ0) is 12.1. The Kier molecular flexibility index (Phi) is 4.86. The average molecular weight is 240 g/mol. The molecule has 4 nitrogen and oxygen atoms in total. The van der Waals surface area contributed by atoms with Crippen LogP contribution < -0.4 is 11.1 Å². The molecule has 0 aliphatic carbocycles. The Morgan fingerprint density at radius 1 is 1.38 bits per heavy atom. The van der Waals surface area contributed by atoms with Gasteiger partial charge in [-0.15, -0.1) is 0 Å². The summed E-state index contributed by atoms with van der Waals surface area (Å²) in [6.07, 6.45) is 1.94. The fourth-order valence-electron chi connectivity index (χ4n) is 1.13. The summed E-state index contributed by atoms with van der Waals surface area (Å²) >= 11 is 1.50. The number of nitrogens with two attached hydrogens (primary N) is 1. The molecule has 0 saturated carbocycles. The van der Waals surface area contributed by atoms with E-state index in [1.807, 2.05) is 6.26 Å². The first-order valence-corrected chi connectivity index (χ1v) is 6.67. The van der Waals surface area contributed by atoms with Crippen molar-refractivity contribution in [2.24, 2.45) is 11.8 Å². The van der Waals surface area contributed by atoms with Crippen LogP contribution in [0.2, 0.25) is 0 Å². The number of nitrogens with one attached hydrogen (secondary N) is 1. The lowest BCUT2D eigenvalue weighted by atomic mass is 9.98. The van der Waals surface area contributed by atoms with Crippen molar-refractivity contribution in [1.82, 2.24) is 9.97 Å². The molecule has 1 atom stereocenters. The van der Waals surface area contributed by atoms with Crippen LogP contribution in [0, 0.1) is 11.8 Å². The molecule has 16 heavy (non-hydrogen) atoms. The van der Waals surface area contributed by atoms with Crippen molar-refractivity contribution in [3.63, 3.8) is 0 Å². The lowest BCUT2D eigenvalue weighted by molar-refractivity contribution is 0.439. The van der Waals surface area contributed by atoms with Crippen molar-refractivity contribution in [3.05, 3.63) is 6.07 Å². The van der Waals surface area contributed by atoms with Gasteiger partial charge >= 0.3 is 0 Å². The topological polar surface area (TPSA) is 63.8 Å². The first kappa shape index (κ1) is 13.1. The Bertz CT molecular complexity index is 341. The Balaban J connectivity index is 2.63. The number of anilines is 2. The van der Waals surface area contributed by atoms with E-state index in [1.54, 1.807) is 6.07 Å². The molecular formula is C11H20N4S. The highest BCUT2D eigenvalue weighted by Gasteiger charge is 2.07. The molecule has 1 unspecified atom stereocenters. The molecule has 0 spiro atoms. The van der Waals surface area contributed by atoms with E-state index < -0.39 is 0 Å². The first-order chi connectivity index (χ1) is 7.52. The van der Waals surface area contributed by atoms with Gasteiger partial charge in [0.2, 0.25) is 0 Å². The summed E-state index contributed by atoms with van der Waals surface area (Å²) in [4.78, 5) is 8.45. The summed E-state index contributed by atoms with van der Waals surface area (Å²) in [5.41, 5.74) is 5.70. The van der Waals surface area contributed by atoms with Crippen molar-refractivity contribution < 1.29 is 0 Å². The van der Waals surface area contributed by atoms with Crippen LogP contribution in [0.1, 0.15) is 20.8 Å². The summed E-state index contributed by atoms with van der Waals surface area (Å²) in [6.45, 7) is 7.56. The van der Waals surface area contributed by atoms with E-state index in [1.165, 1.54) is 11.8 Å². The van der Waals surface area contributed by atoms with Crippen LogP contribution in [0.25, 0.3) is 0 Å². The Morgan fingerprint density at radius 2 is 2.06 bits per heavy atom. The summed E-state index contributed by atoms with van der Waals surface area (Å²) in [5, 5.41) is 4.00. The van der Waals surface area contributed by atoms with E-state index in [-0.39, 0.29) is 0 Å². The molecule has 1 aromatic rings. The molecule has 1 rings (SSSR count). The third-order valence-corrected chi connectivity index (χ3v) is 3.20. The number of hydrogen-bond donors (Lipinski definition) is 2. The normalized spacial score (nSPS) is 12.8. The van der Waals surface area contributed by atoms with Gasteiger partial charge in [0.1, 0.15) is 11.6 Å². The minimum Gasteiger partial charge on any atom is -0.383 e. The molecule has 5 heteroatoms. The lowest BCUT2D eigenvalue weighted by Crippen LogP contribution is -2.17. The number of nitrogen functional groups attached to an aromatic ring is 1. The third-order valence-electron chi connectivity index (χ3n) is 2.65. The highest BCUT2D eigenvalue weighted by atomic mass is 32.2. The predicted octanol–water partition coefficient (Wildman–Crippen LogP) is 2.48.